The van der Waals surface area contributed by atoms with Gasteiger partial charge < -0.3 is 24.6 Å². The maximum atomic E-state index is 14.7. The number of methoxy groups -OCH3 is 2. The molecule has 0 radical (unpaired) electrons. The van der Waals surface area contributed by atoms with Crippen LogP contribution < -0.4 is 14.8 Å². The monoisotopic (exact) mass is 475 g/mol. The van der Waals surface area contributed by atoms with Gasteiger partial charge in [0.1, 0.15) is 23.9 Å². The minimum Gasteiger partial charge on any atom is -0.493 e. The van der Waals surface area contributed by atoms with E-state index in [0.717, 1.165) is 13.8 Å². The summed E-state index contributed by atoms with van der Waals surface area (Å²) in [5.74, 6) is -1.29. The Bertz CT molecular complexity index is 1150. The molecule has 184 valence electrons. The minimum absolute atomic E-state index is 0.256. The van der Waals surface area contributed by atoms with Crippen molar-refractivity contribution < 1.29 is 28.1 Å². The first-order chi connectivity index (χ1) is 16.0. The number of aromatic nitrogens is 2. The van der Waals surface area contributed by atoms with E-state index in [1.807, 2.05) is 6.92 Å². The van der Waals surface area contributed by atoms with Gasteiger partial charge in [-0.15, -0.1) is 0 Å². The molecule has 1 aromatic heterocycles. The smallest absolute Gasteiger partial charge is 0.300 e. The molecule has 9 heteroatoms. The van der Waals surface area contributed by atoms with Crippen LogP contribution >= 0.6 is 0 Å². The van der Waals surface area contributed by atoms with Crippen LogP contribution in [0.25, 0.3) is 10.9 Å². The summed E-state index contributed by atoms with van der Waals surface area (Å²) in [5, 5.41) is 14.0. The van der Waals surface area contributed by atoms with Crippen molar-refractivity contribution in [3.05, 3.63) is 53.3 Å². The molecule has 1 unspecified atom stereocenters. The first-order valence-corrected chi connectivity index (χ1v) is 10.9. The van der Waals surface area contributed by atoms with E-state index in [2.05, 4.69) is 15.3 Å². The van der Waals surface area contributed by atoms with Gasteiger partial charge in [0.25, 0.3) is 0 Å². The SMILES string of the molecule is COCCOc1cc2c(NC(C)c3cccc(C(F)(F)C(C)(C)O)c3)nc(C)nc2cc1OC. The fraction of sp³-hybridized carbons (Fsp3) is 0.440. The lowest BCUT2D eigenvalue weighted by atomic mass is 9.91. The lowest BCUT2D eigenvalue weighted by molar-refractivity contribution is -0.168. The van der Waals surface area contributed by atoms with Crippen molar-refractivity contribution in [2.45, 2.75) is 45.3 Å². The topological polar surface area (TPSA) is 85.7 Å². The van der Waals surface area contributed by atoms with Gasteiger partial charge in [0.05, 0.1) is 19.2 Å². The maximum Gasteiger partial charge on any atom is 0.300 e. The highest BCUT2D eigenvalue weighted by atomic mass is 19.3. The lowest BCUT2D eigenvalue weighted by Crippen LogP contribution is -2.40. The number of aliphatic hydroxyl groups is 1. The van der Waals surface area contributed by atoms with Gasteiger partial charge >= 0.3 is 5.92 Å². The zero-order chi connectivity index (χ0) is 25.1. The van der Waals surface area contributed by atoms with Gasteiger partial charge in [0.2, 0.25) is 0 Å². The quantitative estimate of drug-likeness (QED) is 0.399. The predicted octanol–water partition coefficient (Wildman–Crippen LogP) is 5.01. The van der Waals surface area contributed by atoms with E-state index in [1.165, 1.54) is 12.1 Å². The van der Waals surface area contributed by atoms with E-state index >= 15 is 0 Å². The van der Waals surface area contributed by atoms with Crippen molar-refractivity contribution in [3.8, 4) is 11.5 Å². The van der Waals surface area contributed by atoms with Crippen LogP contribution in [-0.4, -0.2) is 48.1 Å². The Morgan fingerprint density at radius 2 is 1.79 bits per heavy atom. The molecule has 2 N–H and O–H groups in total. The van der Waals surface area contributed by atoms with Crippen molar-refractivity contribution >= 4 is 16.7 Å². The summed E-state index contributed by atoms with van der Waals surface area (Å²) in [6, 6.07) is 9.21. The van der Waals surface area contributed by atoms with E-state index in [4.69, 9.17) is 14.2 Å². The highest BCUT2D eigenvalue weighted by Crippen LogP contribution is 2.40. The third-order valence-electron chi connectivity index (χ3n) is 5.51. The second-order valence-corrected chi connectivity index (χ2v) is 8.61. The number of halogens is 2. The highest BCUT2D eigenvalue weighted by molar-refractivity contribution is 5.92. The van der Waals surface area contributed by atoms with Gasteiger partial charge in [0, 0.05) is 30.2 Å². The average molecular weight is 476 g/mol. The second-order valence-electron chi connectivity index (χ2n) is 8.61. The van der Waals surface area contributed by atoms with E-state index in [9.17, 15) is 13.9 Å². The van der Waals surface area contributed by atoms with Gasteiger partial charge in [-0.05, 0) is 45.4 Å². The van der Waals surface area contributed by atoms with Gasteiger partial charge in [0.15, 0.2) is 11.5 Å². The van der Waals surface area contributed by atoms with Crippen molar-refractivity contribution in [3.63, 3.8) is 0 Å². The predicted molar refractivity (Wildman–Crippen MR) is 127 cm³/mol. The molecule has 0 saturated heterocycles. The van der Waals surface area contributed by atoms with E-state index in [0.29, 0.717) is 52.8 Å². The lowest BCUT2D eigenvalue weighted by Gasteiger charge is -2.30. The van der Waals surface area contributed by atoms with Crippen LogP contribution in [0.15, 0.2) is 36.4 Å². The van der Waals surface area contributed by atoms with Crippen molar-refractivity contribution in [2.75, 3.05) is 32.8 Å². The maximum absolute atomic E-state index is 14.7. The van der Waals surface area contributed by atoms with E-state index in [1.54, 1.807) is 45.4 Å². The third-order valence-corrected chi connectivity index (χ3v) is 5.51. The van der Waals surface area contributed by atoms with Gasteiger partial charge in [-0.1, -0.05) is 18.2 Å². The Morgan fingerprint density at radius 1 is 1.06 bits per heavy atom. The molecule has 0 aliphatic heterocycles. The van der Waals surface area contributed by atoms with Crippen molar-refractivity contribution in [1.29, 1.82) is 0 Å². The molecule has 1 heterocycles. The Labute approximate surface area is 198 Å². The van der Waals surface area contributed by atoms with Gasteiger partial charge in [-0.3, -0.25) is 0 Å². The molecule has 0 amide bonds. The number of fused-ring (bicyclic) bond motifs is 1. The van der Waals surface area contributed by atoms with Gasteiger partial charge in [-0.2, -0.15) is 8.78 Å². The standard InChI is InChI=1S/C25H31F2N3O4/c1-15(17-8-7-9-18(12-17)25(26,27)24(3,4)31)28-23-19-13-22(34-11-10-32-5)21(33-6)14-20(19)29-16(2)30-23/h7-9,12-15,31H,10-11H2,1-6H3,(H,28,29,30). The Balaban J connectivity index is 1.98. The summed E-state index contributed by atoms with van der Waals surface area (Å²) in [4.78, 5) is 9.04. The number of benzene rings is 2. The first kappa shape index (κ1) is 25.6. The molecule has 0 aliphatic rings. The number of alkyl halides is 2. The number of hydrogen-bond donors (Lipinski definition) is 2. The molecular weight excluding hydrogens is 444 g/mol. The number of nitrogens with zero attached hydrogens (tertiary/aromatic N) is 2. The number of nitrogens with one attached hydrogen (secondary N) is 1. The fourth-order valence-electron chi connectivity index (χ4n) is 3.51. The number of anilines is 1. The summed E-state index contributed by atoms with van der Waals surface area (Å²) < 4.78 is 45.7. The minimum atomic E-state index is -3.41. The Morgan fingerprint density at radius 3 is 2.44 bits per heavy atom. The number of aryl methyl sites for hydroxylation is 1. The molecule has 7 nitrogen and oxygen atoms in total. The summed E-state index contributed by atoms with van der Waals surface area (Å²) in [5.41, 5.74) is -1.18. The molecule has 2 aromatic carbocycles. The summed E-state index contributed by atoms with van der Waals surface area (Å²) in [6.07, 6.45) is 0. The zero-order valence-electron chi connectivity index (χ0n) is 20.3. The van der Waals surface area contributed by atoms with Crippen LogP contribution in [0.2, 0.25) is 0 Å². The first-order valence-electron chi connectivity index (χ1n) is 10.9. The molecule has 3 aromatic rings. The highest BCUT2D eigenvalue weighted by Gasteiger charge is 2.47. The third kappa shape index (κ3) is 5.37. The number of ether oxygens (including phenoxy) is 3. The molecular formula is C25H31F2N3O4. The molecule has 0 spiro atoms. The molecule has 0 saturated carbocycles. The van der Waals surface area contributed by atoms with Crippen molar-refractivity contribution in [2.24, 2.45) is 0 Å². The summed E-state index contributed by atoms with van der Waals surface area (Å²) in [6.45, 7) is 6.57. The average Bonchev–Trinajstić information content (AvgIpc) is 2.78. The molecule has 0 fully saturated rings. The molecule has 0 aliphatic carbocycles. The Hall–Kier alpha value is -3.04. The van der Waals surface area contributed by atoms with Crippen LogP contribution in [0.4, 0.5) is 14.6 Å². The second kappa shape index (κ2) is 10.1. The molecule has 34 heavy (non-hydrogen) atoms. The molecule has 1 atom stereocenters. The van der Waals surface area contributed by atoms with Crippen LogP contribution in [0.1, 0.15) is 43.8 Å². The van der Waals surface area contributed by atoms with Crippen LogP contribution in [-0.2, 0) is 10.7 Å². The largest absolute Gasteiger partial charge is 0.493 e. The van der Waals surface area contributed by atoms with Crippen LogP contribution in [0.5, 0.6) is 11.5 Å². The van der Waals surface area contributed by atoms with Gasteiger partial charge in [-0.25, -0.2) is 9.97 Å². The van der Waals surface area contributed by atoms with Crippen molar-refractivity contribution in [1.82, 2.24) is 9.97 Å². The molecule has 3 rings (SSSR count). The Kier molecular flexibility index (Phi) is 7.57. The normalized spacial score (nSPS) is 13.1. The number of hydrogen-bond acceptors (Lipinski definition) is 7. The summed E-state index contributed by atoms with van der Waals surface area (Å²) >= 11 is 0. The van der Waals surface area contributed by atoms with Crippen LogP contribution in [0, 0.1) is 6.92 Å². The number of rotatable bonds is 10. The van der Waals surface area contributed by atoms with E-state index in [-0.39, 0.29) is 11.6 Å². The fourth-order valence-corrected chi connectivity index (χ4v) is 3.51. The summed E-state index contributed by atoms with van der Waals surface area (Å²) in [7, 11) is 3.14. The molecule has 0 bridgehead atoms. The zero-order valence-corrected chi connectivity index (χ0v) is 20.3. The van der Waals surface area contributed by atoms with Crippen LogP contribution in [0.3, 0.4) is 0 Å². The van der Waals surface area contributed by atoms with E-state index < -0.39 is 11.5 Å².